The third-order valence-electron chi connectivity index (χ3n) is 4.08. The van der Waals surface area contributed by atoms with Crippen LogP contribution in [0.25, 0.3) is 0 Å². The van der Waals surface area contributed by atoms with Crippen LogP contribution in [-0.4, -0.2) is 36.5 Å². The molecule has 0 radical (unpaired) electrons. The molecule has 3 nitrogen and oxygen atoms in total. The van der Waals surface area contributed by atoms with Crippen LogP contribution < -0.4 is 5.32 Å². The predicted molar refractivity (Wildman–Crippen MR) is 76.5 cm³/mol. The number of rotatable bonds is 5. The molecule has 1 N–H and O–H groups in total. The molecule has 106 valence electrons. The molecule has 1 fully saturated rings. The van der Waals surface area contributed by atoms with E-state index in [2.05, 4.69) is 44.8 Å². The van der Waals surface area contributed by atoms with E-state index in [1.54, 1.807) is 0 Å². The summed E-state index contributed by atoms with van der Waals surface area (Å²) in [5.41, 5.74) is -0.201. The molecule has 0 saturated carbocycles. The van der Waals surface area contributed by atoms with Crippen LogP contribution >= 0.6 is 0 Å². The molecule has 1 amide bonds. The Morgan fingerprint density at radius 1 is 1.44 bits per heavy atom. The van der Waals surface area contributed by atoms with E-state index in [-0.39, 0.29) is 5.41 Å². The van der Waals surface area contributed by atoms with Crippen molar-refractivity contribution in [1.29, 1.82) is 0 Å². The van der Waals surface area contributed by atoms with Gasteiger partial charge in [-0.1, -0.05) is 34.6 Å². The second-order valence-corrected chi connectivity index (χ2v) is 6.56. The van der Waals surface area contributed by atoms with Crippen LogP contribution in [0.3, 0.4) is 0 Å². The highest BCUT2D eigenvalue weighted by Gasteiger charge is 2.32. The minimum atomic E-state index is -0.201. The van der Waals surface area contributed by atoms with Gasteiger partial charge in [-0.2, -0.15) is 0 Å². The lowest BCUT2D eigenvalue weighted by Gasteiger charge is -2.37. The molecule has 1 aliphatic heterocycles. The number of carbonyl (C=O) groups excluding carboxylic acids is 1. The minimum Gasteiger partial charge on any atom is -0.342 e. The number of carbonyl (C=O) groups is 1. The van der Waals surface area contributed by atoms with E-state index in [9.17, 15) is 4.79 Å². The highest BCUT2D eigenvalue weighted by Crippen LogP contribution is 2.26. The Labute approximate surface area is 112 Å². The van der Waals surface area contributed by atoms with Crippen molar-refractivity contribution in [2.45, 2.75) is 59.9 Å². The van der Waals surface area contributed by atoms with E-state index in [0.717, 1.165) is 32.5 Å². The summed E-state index contributed by atoms with van der Waals surface area (Å²) in [6, 6.07) is 0.531. The molecule has 1 unspecified atom stereocenters. The van der Waals surface area contributed by atoms with Crippen LogP contribution in [0.2, 0.25) is 0 Å². The van der Waals surface area contributed by atoms with E-state index in [1.807, 2.05) is 0 Å². The van der Waals surface area contributed by atoms with Crippen molar-refractivity contribution < 1.29 is 4.79 Å². The number of likely N-dealkylation sites (tertiary alicyclic amines) is 1. The summed E-state index contributed by atoms with van der Waals surface area (Å²) in [6.45, 7) is 13.5. The van der Waals surface area contributed by atoms with Crippen molar-refractivity contribution >= 4 is 5.91 Å². The van der Waals surface area contributed by atoms with E-state index in [1.165, 1.54) is 6.42 Å². The Bertz CT molecular complexity index is 274. The molecule has 0 aliphatic carbocycles. The maximum absolute atomic E-state index is 12.4. The zero-order chi connectivity index (χ0) is 13.8. The lowest BCUT2D eigenvalue weighted by atomic mass is 9.87. The average Bonchev–Trinajstić information content (AvgIpc) is 2.35. The number of nitrogens with zero attached hydrogens (tertiary/aromatic N) is 1. The van der Waals surface area contributed by atoms with Crippen molar-refractivity contribution in [1.82, 2.24) is 10.2 Å². The summed E-state index contributed by atoms with van der Waals surface area (Å²) in [7, 11) is 0. The number of piperidine rings is 1. The third-order valence-corrected chi connectivity index (χ3v) is 4.08. The van der Waals surface area contributed by atoms with E-state index < -0.39 is 0 Å². The summed E-state index contributed by atoms with van der Waals surface area (Å²) < 4.78 is 0. The fraction of sp³-hybridized carbons (Fsp3) is 0.933. The predicted octanol–water partition coefficient (Wildman–Crippen LogP) is 2.66. The second-order valence-electron chi connectivity index (χ2n) is 6.56. The van der Waals surface area contributed by atoms with Gasteiger partial charge >= 0.3 is 0 Å². The number of amides is 1. The fourth-order valence-corrected chi connectivity index (χ4v) is 2.40. The topological polar surface area (TPSA) is 32.3 Å². The Kier molecular flexibility index (Phi) is 5.64. The van der Waals surface area contributed by atoms with Gasteiger partial charge in [0, 0.05) is 24.5 Å². The molecule has 0 bridgehead atoms. The first-order chi connectivity index (χ1) is 8.36. The van der Waals surface area contributed by atoms with Gasteiger partial charge in [0.25, 0.3) is 0 Å². The van der Waals surface area contributed by atoms with Gasteiger partial charge in [0.1, 0.15) is 0 Å². The molecule has 1 heterocycles. The molecule has 0 aromatic rings. The van der Waals surface area contributed by atoms with Crippen molar-refractivity contribution in [3.8, 4) is 0 Å². The van der Waals surface area contributed by atoms with Gasteiger partial charge in [0.2, 0.25) is 5.91 Å². The fourth-order valence-electron chi connectivity index (χ4n) is 2.40. The van der Waals surface area contributed by atoms with Crippen molar-refractivity contribution in [3.05, 3.63) is 0 Å². The molecule has 1 saturated heterocycles. The molecule has 1 atom stereocenters. The molecule has 1 rings (SSSR count). The van der Waals surface area contributed by atoms with Gasteiger partial charge in [0.05, 0.1) is 0 Å². The standard InChI is InChI=1S/C15H30N2O/c1-6-15(4,5)14(18)17-9-7-8-13(11-17)10-16-12(2)3/h12-13,16H,6-11H2,1-5H3. The van der Waals surface area contributed by atoms with Crippen LogP contribution in [0.15, 0.2) is 0 Å². The second kappa shape index (κ2) is 6.55. The molecule has 3 heteroatoms. The van der Waals surface area contributed by atoms with Crippen LogP contribution in [0.4, 0.5) is 0 Å². The van der Waals surface area contributed by atoms with Crippen molar-refractivity contribution in [2.24, 2.45) is 11.3 Å². The van der Waals surface area contributed by atoms with E-state index in [4.69, 9.17) is 0 Å². The zero-order valence-corrected chi connectivity index (χ0v) is 12.8. The Morgan fingerprint density at radius 2 is 2.11 bits per heavy atom. The van der Waals surface area contributed by atoms with Crippen molar-refractivity contribution in [3.63, 3.8) is 0 Å². The monoisotopic (exact) mass is 254 g/mol. The first kappa shape index (κ1) is 15.5. The molecule has 0 aromatic carbocycles. The van der Waals surface area contributed by atoms with Gasteiger partial charge in [-0.25, -0.2) is 0 Å². The summed E-state index contributed by atoms with van der Waals surface area (Å²) >= 11 is 0. The summed E-state index contributed by atoms with van der Waals surface area (Å²) in [5.74, 6) is 0.956. The van der Waals surface area contributed by atoms with Crippen LogP contribution in [0.1, 0.15) is 53.9 Å². The molecular weight excluding hydrogens is 224 g/mol. The van der Waals surface area contributed by atoms with Gasteiger partial charge in [-0.15, -0.1) is 0 Å². The SMILES string of the molecule is CCC(C)(C)C(=O)N1CCCC(CNC(C)C)C1. The van der Waals surface area contributed by atoms with Gasteiger partial charge in [-0.3, -0.25) is 4.79 Å². The number of hydrogen-bond acceptors (Lipinski definition) is 2. The minimum absolute atomic E-state index is 0.201. The first-order valence-electron chi connectivity index (χ1n) is 7.39. The summed E-state index contributed by atoms with van der Waals surface area (Å²) in [6.07, 6.45) is 3.31. The van der Waals surface area contributed by atoms with E-state index in [0.29, 0.717) is 17.9 Å². The van der Waals surface area contributed by atoms with Crippen LogP contribution in [-0.2, 0) is 4.79 Å². The van der Waals surface area contributed by atoms with Gasteiger partial charge in [0.15, 0.2) is 0 Å². The van der Waals surface area contributed by atoms with Gasteiger partial charge < -0.3 is 10.2 Å². The molecule has 0 spiro atoms. The first-order valence-corrected chi connectivity index (χ1v) is 7.39. The van der Waals surface area contributed by atoms with Crippen LogP contribution in [0, 0.1) is 11.3 Å². The highest BCUT2D eigenvalue weighted by molar-refractivity contribution is 5.82. The Morgan fingerprint density at radius 3 is 2.67 bits per heavy atom. The highest BCUT2D eigenvalue weighted by atomic mass is 16.2. The Hall–Kier alpha value is -0.570. The Balaban J connectivity index is 2.50. The number of hydrogen-bond donors (Lipinski definition) is 1. The maximum Gasteiger partial charge on any atom is 0.228 e. The number of nitrogens with one attached hydrogen (secondary N) is 1. The lowest BCUT2D eigenvalue weighted by molar-refractivity contribution is -0.142. The van der Waals surface area contributed by atoms with Gasteiger partial charge in [-0.05, 0) is 31.7 Å². The molecule has 0 aromatic heterocycles. The molecule has 1 aliphatic rings. The maximum atomic E-state index is 12.4. The average molecular weight is 254 g/mol. The van der Waals surface area contributed by atoms with Crippen LogP contribution in [0.5, 0.6) is 0 Å². The molecular formula is C15H30N2O. The molecule has 18 heavy (non-hydrogen) atoms. The largest absolute Gasteiger partial charge is 0.342 e. The summed E-state index contributed by atoms with van der Waals surface area (Å²) in [5, 5.41) is 3.49. The zero-order valence-electron chi connectivity index (χ0n) is 12.8. The summed E-state index contributed by atoms with van der Waals surface area (Å²) in [4.78, 5) is 14.5. The quantitative estimate of drug-likeness (QED) is 0.818. The van der Waals surface area contributed by atoms with Crippen molar-refractivity contribution in [2.75, 3.05) is 19.6 Å². The van der Waals surface area contributed by atoms with E-state index >= 15 is 0 Å². The third kappa shape index (κ3) is 4.27. The lowest BCUT2D eigenvalue weighted by Crippen LogP contribution is -2.48. The normalized spacial score (nSPS) is 21.4. The smallest absolute Gasteiger partial charge is 0.228 e.